The van der Waals surface area contributed by atoms with Crippen LogP contribution in [0.1, 0.15) is 11.1 Å². The lowest BCUT2D eigenvalue weighted by Crippen LogP contribution is -2.21. The largest absolute Gasteiger partial charge is 0.481 e. The Labute approximate surface area is 122 Å². The van der Waals surface area contributed by atoms with E-state index < -0.39 is 5.82 Å². The van der Waals surface area contributed by atoms with Crippen molar-refractivity contribution in [1.29, 1.82) is 0 Å². The molecule has 0 heterocycles. The summed E-state index contributed by atoms with van der Waals surface area (Å²) in [6, 6.07) is 12.0. The van der Waals surface area contributed by atoms with Gasteiger partial charge in [0.25, 0.3) is 5.91 Å². The number of amides is 1. The first-order chi connectivity index (χ1) is 10.1. The van der Waals surface area contributed by atoms with Gasteiger partial charge in [0.1, 0.15) is 0 Å². The molecule has 0 saturated carbocycles. The molecular formula is C16H17FN2O2. The minimum absolute atomic E-state index is 0.0669. The van der Waals surface area contributed by atoms with Crippen LogP contribution in [-0.2, 0) is 11.3 Å². The SMILES string of the molecule is Cc1cccc(OCC(=O)Nc2ccccc2CN)c1F. The second kappa shape index (κ2) is 6.85. The Morgan fingerprint density at radius 2 is 2.00 bits per heavy atom. The average molecular weight is 288 g/mol. The van der Waals surface area contributed by atoms with Crippen molar-refractivity contribution < 1.29 is 13.9 Å². The van der Waals surface area contributed by atoms with Crippen LogP contribution < -0.4 is 15.8 Å². The second-order valence-corrected chi connectivity index (χ2v) is 4.59. The summed E-state index contributed by atoms with van der Waals surface area (Å²) in [7, 11) is 0. The van der Waals surface area contributed by atoms with Crippen LogP contribution in [0, 0.1) is 12.7 Å². The van der Waals surface area contributed by atoms with Crippen molar-refractivity contribution in [3.63, 3.8) is 0 Å². The first-order valence-electron chi connectivity index (χ1n) is 6.57. The molecule has 3 N–H and O–H groups in total. The van der Waals surface area contributed by atoms with Crippen LogP contribution in [0.3, 0.4) is 0 Å². The molecule has 2 rings (SSSR count). The monoisotopic (exact) mass is 288 g/mol. The molecule has 2 aromatic rings. The number of hydrogen-bond donors (Lipinski definition) is 2. The van der Waals surface area contributed by atoms with E-state index in [0.717, 1.165) is 5.56 Å². The fourth-order valence-corrected chi connectivity index (χ4v) is 1.88. The molecule has 0 spiro atoms. The summed E-state index contributed by atoms with van der Waals surface area (Å²) >= 11 is 0. The van der Waals surface area contributed by atoms with Crippen LogP contribution in [0.15, 0.2) is 42.5 Å². The molecule has 0 aliphatic heterocycles. The van der Waals surface area contributed by atoms with Gasteiger partial charge in [-0.2, -0.15) is 0 Å². The lowest BCUT2D eigenvalue weighted by atomic mass is 10.2. The van der Waals surface area contributed by atoms with Gasteiger partial charge in [0.15, 0.2) is 18.2 Å². The highest BCUT2D eigenvalue weighted by Gasteiger charge is 2.10. The first kappa shape index (κ1) is 15.0. The quantitative estimate of drug-likeness (QED) is 0.889. The van der Waals surface area contributed by atoms with E-state index in [1.165, 1.54) is 6.07 Å². The molecule has 0 aromatic heterocycles. The maximum Gasteiger partial charge on any atom is 0.262 e. The third-order valence-corrected chi connectivity index (χ3v) is 3.03. The van der Waals surface area contributed by atoms with Gasteiger partial charge in [-0.05, 0) is 30.2 Å². The van der Waals surface area contributed by atoms with Gasteiger partial charge in [0.05, 0.1) is 0 Å². The lowest BCUT2D eigenvalue weighted by molar-refractivity contribution is -0.118. The summed E-state index contributed by atoms with van der Waals surface area (Å²) < 4.78 is 18.9. The zero-order valence-electron chi connectivity index (χ0n) is 11.7. The molecule has 21 heavy (non-hydrogen) atoms. The number of hydrogen-bond acceptors (Lipinski definition) is 3. The van der Waals surface area contributed by atoms with Crippen LogP contribution in [-0.4, -0.2) is 12.5 Å². The molecular weight excluding hydrogens is 271 g/mol. The number of carbonyl (C=O) groups is 1. The molecule has 0 aliphatic rings. The summed E-state index contributed by atoms with van der Waals surface area (Å²) in [5.74, 6) is -0.748. The van der Waals surface area contributed by atoms with E-state index in [9.17, 15) is 9.18 Å². The van der Waals surface area contributed by atoms with E-state index in [-0.39, 0.29) is 18.3 Å². The Balaban J connectivity index is 1.98. The minimum Gasteiger partial charge on any atom is -0.481 e. The number of benzene rings is 2. The van der Waals surface area contributed by atoms with E-state index in [2.05, 4.69) is 5.32 Å². The number of aryl methyl sites for hydroxylation is 1. The number of halogens is 1. The summed E-state index contributed by atoms with van der Waals surface area (Å²) in [4.78, 5) is 11.9. The average Bonchev–Trinajstić information content (AvgIpc) is 2.49. The maximum absolute atomic E-state index is 13.7. The lowest BCUT2D eigenvalue weighted by Gasteiger charge is -2.11. The highest BCUT2D eigenvalue weighted by molar-refractivity contribution is 5.92. The number of para-hydroxylation sites is 1. The molecule has 0 saturated heterocycles. The number of carbonyl (C=O) groups excluding carboxylic acids is 1. The summed E-state index contributed by atoms with van der Waals surface area (Å²) in [5, 5.41) is 2.70. The smallest absolute Gasteiger partial charge is 0.262 e. The number of ether oxygens (including phenoxy) is 1. The van der Waals surface area contributed by atoms with E-state index in [4.69, 9.17) is 10.5 Å². The Kier molecular flexibility index (Phi) is 4.90. The third-order valence-electron chi connectivity index (χ3n) is 3.03. The van der Waals surface area contributed by atoms with Gasteiger partial charge < -0.3 is 15.8 Å². The van der Waals surface area contributed by atoms with Crippen LogP contribution in [0.2, 0.25) is 0 Å². The van der Waals surface area contributed by atoms with Gasteiger partial charge >= 0.3 is 0 Å². The molecule has 0 unspecified atom stereocenters. The Morgan fingerprint density at radius 3 is 2.76 bits per heavy atom. The van der Waals surface area contributed by atoms with Gasteiger partial charge in [-0.15, -0.1) is 0 Å². The van der Waals surface area contributed by atoms with E-state index >= 15 is 0 Å². The summed E-state index contributed by atoms with van der Waals surface area (Å²) in [6.45, 7) is 1.70. The van der Waals surface area contributed by atoms with Crippen LogP contribution in [0.25, 0.3) is 0 Å². The van der Waals surface area contributed by atoms with Crippen molar-refractivity contribution in [2.75, 3.05) is 11.9 Å². The molecule has 0 atom stereocenters. The normalized spacial score (nSPS) is 10.2. The van der Waals surface area contributed by atoms with Gasteiger partial charge in [-0.25, -0.2) is 4.39 Å². The standard InChI is InChI=1S/C16H17FN2O2/c1-11-5-4-8-14(16(11)17)21-10-15(20)19-13-7-3-2-6-12(13)9-18/h2-8H,9-10,18H2,1H3,(H,19,20). The predicted octanol–water partition coefficient (Wildman–Crippen LogP) is 2.61. The first-order valence-corrected chi connectivity index (χ1v) is 6.57. The molecule has 0 fully saturated rings. The van der Waals surface area contributed by atoms with Crippen molar-refractivity contribution in [3.05, 3.63) is 59.4 Å². The number of nitrogens with two attached hydrogens (primary N) is 1. The van der Waals surface area contributed by atoms with Crippen molar-refractivity contribution in [3.8, 4) is 5.75 Å². The fourth-order valence-electron chi connectivity index (χ4n) is 1.88. The van der Waals surface area contributed by atoms with Crippen LogP contribution >= 0.6 is 0 Å². The molecule has 4 nitrogen and oxygen atoms in total. The highest BCUT2D eigenvalue weighted by atomic mass is 19.1. The zero-order valence-corrected chi connectivity index (χ0v) is 11.7. The van der Waals surface area contributed by atoms with Gasteiger partial charge in [-0.1, -0.05) is 30.3 Å². The Morgan fingerprint density at radius 1 is 1.24 bits per heavy atom. The molecule has 1 amide bonds. The van der Waals surface area contributed by atoms with E-state index in [1.807, 2.05) is 12.1 Å². The third kappa shape index (κ3) is 3.79. The predicted molar refractivity (Wildman–Crippen MR) is 79.6 cm³/mol. The summed E-state index contributed by atoms with van der Waals surface area (Å²) in [6.07, 6.45) is 0. The maximum atomic E-state index is 13.7. The van der Waals surface area contributed by atoms with E-state index in [1.54, 1.807) is 31.2 Å². The molecule has 2 aromatic carbocycles. The molecule has 110 valence electrons. The van der Waals surface area contributed by atoms with Crippen LogP contribution in [0.5, 0.6) is 5.75 Å². The molecule has 0 aliphatic carbocycles. The number of rotatable bonds is 5. The summed E-state index contributed by atoms with van der Waals surface area (Å²) in [5.41, 5.74) is 7.53. The Bertz CT molecular complexity index is 644. The van der Waals surface area contributed by atoms with Crippen molar-refractivity contribution in [2.45, 2.75) is 13.5 Å². The number of nitrogens with one attached hydrogen (secondary N) is 1. The number of anilines is 1. The van der Waals surface area contributed by atoms with Gasteiger partial charge in [-0.3, -0.25) is 4.79 Å². The van der Waals surface area contributed by atoms with Gasteiger partial charge in [0.2, 0.25) is 0 Å². The highest BCUT2D eigenvalue weighted by Crippen LogP contribution is 2.19. The topological polar surface area (TPSA) is 64.3 Å². The fraction of sp³-hybridized carbons (Fsp3) is 0.188. The minimum atomic E-state index is -0.451. The van der Waals surface area contributed by atoms with Crippen molar-refractivity contribution >= 4 is 11.6 Å². The molecule has 0 radical (unpaired) electrons. The van der Waals surface area contributed by atoms with Crippen LogP contribution in [0.4, 0.5) is 10.1 Å². The molecule has 5 heteroatoms. The van der Waals surface area contributed by atoms with Crippen molar-refractivity contribution in [1.82, 2.24) is 0 Å². The Hall–Kier alpha value is -2.40. The van der Waals surface area contributed by atoms with E-state index in [0.29, 0.717) is 17.8 Å². The van der Waals surface area contributed by atoms with Gasteiger partial charge in [0, 0.05) is 12.2 Å². The molecule has 0 bridgehead atoms. The second-order valence-electron chi connectivity index (χ2n) is 4.59. The zero-order chi connectivity index (χ0) is 15.2. The van der Waals surface area contributed by atoms with Crippen molar-refractivity contribution in [2.24, 2.45) is 5.73 Å².